The van der Waals surface area contributed by atoms with Crippen molar-refractivity contribution in [3.05, 3.63) is 23.3 Å². The minimum atomic E-state index is -0.346. The monoisotopic (exact) mass is 534 g/mol. The van der Waals surface area contributed by atoms with Gasteiger partial charge in [-0.2, -0.15) is 0 Å². The first-order chi connectivity index (χ1) is 18.0. The maximum atomic E-state index is 12.1. The van der Waals surface area contributed by atoms with E-state index in [4.69, 9.17) is 14.2 Å². The first-order valence-electron chi connectivity index (χ1n) is 14.8. The molecule has 0 atom stereocenters. The van der Waals surface area contributed by atoms with Crippen molar-refractivity contribution in [2.45, 2.75) is 136 Å². The Morgan fingerprint density at radius 3 is 1.61 bits per heavy atom. The molecule has 0 aliphatic heterocycles. The highest BCUT2D eigenvalue weighted by Crippen LogP contribution is 2.44. The van der Waals surface area contributed by atoms with Gasteiger partial charge in [-0.05, 0) is 67.9 Å². The summed E-state index contributed by atoms with van der Waals surface area (Å²) in [7, 11) is 0. The summed E-state index contributed by atoms with van der Waals surface area (Å²) in [6.07, 6.45) is 9.41. The lowest BCUT2D eigenvalue weighted by Gasteiger charge is -2.32. The molecule has 0 amide bonds. The Morgan fingerprint density at radius 2 is 1.13 bits per heavy atom. The van der Waals surface area contributed by atoms with Gasteiger partial charge >= 0.3 is 11.9 Å². The number of phenolic OH excluding ortho intramolecular Hbond substituents is 1. The van der Waals surface area contributed by atoms with Gasteiger partial charge < -0.3 is 19.3 Å². The molecule has 0 saturated heterocycles. The second-order valence-corrected chi connectivity index (χ2v) is 11.7. The number of aromatic hydroxyl groups is 1. The second kappa shape index (κ2) is 17.4. The van der Waals surface area contributed by atoms with Crippen molar-refractivity contribution >= 4 is 11.9 Å². The standard InChI is InChI=1S/C32H54O6/c1-8-11-20-36-28-24-25(31(4,5)18-14-16-29(34)37-21-12-9-2)27(33)23-26(28)32(6,7)19-15-17-30(35)38-22-13-10-3/h23-24,33H,8-22H2,1-7H3. The number of hydrogen-bond donors (Lipinski definition) is 1. The molecule has 38 heavy (non-hydrogen) atoms. The third-order valence-electron chi connectivity index (χ3n) is 7.20. The van der Waals surface area contributed by atoms with Crippen molar-refractivity contribution in [3.63, 3.8) is 0 Å². The third kappa shape index (κ3) is 12.1. The Labute approximate surface area is 231 Å². The summed E-state index contributed by atoms with van der Waals surface area (Å²) in [5.41, 5.74) is 1.13. The van der Waals surface area contributed by atoms with Gasteiger partial charge in [-0.3, -0.25) is 9.59 Å². The van der Waals surface area contributed by atoms with E-state index in [-0.39, 0.29) is 28.5 Å². The Hall–Kier alpha value is -2.24. The van der Waals surface area contributed by atoms with Gasteiger partial charge in [0.15, 0.2) is 0 Å². The van der Waals surface area contributed by atoms with E-state index in [0.717, 1.165) is 68.2 Å². The van der Waals surface area contributed by atoms with Crippen LogP contribution in [0.3, 0.4) is 0 Å². The quantitative estimate of drug-likeness (QED) is 0.134. The maximum absolute atomic E-state index is 12.1. The van der Waals surface area contributed by atoms with Gasteiger partial charge in [0.2, 0.25) is 0 Å². The number of phenols is 1. The van der Waals surface area contributed by atoms with Crippen LogP contribution in [0.2, 0.25) is 0 Å². The lowest BCUT2D eigenvalue weighted by molar-refractivity contribution is -0.144. The molecular formula is C32H54O6. The largest absolute Gasteiger partial charge is 0.508 e. The van der Waals surface area contributed by atoms with Crippen LogP contribution < -0.4 is 4.74 Å². The maximum Gasteiger partial charge on any atom is 0.305 e. The molecule has 0 unspecified atom stereocenters. The smallest absolute Gasteiger partial charge is 0.305 e. The van der Waals surface area contributed by atoms with Crippen molar-refractivity contribution < 1.29 is 28.9 Å². The van der Waals surface area contributed by atoms with Crippen molar-refractivity contribution in [3.8, 4) is 11.5 Å². The predicted molar refractivity (Wildman–Crippen MR) is 154 cm³/mol. The summed E-state index contributed by atoms with van der Waals surface area (Å²) in [5.74, 6) is 0.718. The van der Waals surface area contributed by atoms with Crippen LogP contribution in [0.1, 0.15) is 137 Å². The molecule has 0 aromatic heterocycles. The normalized spacial score (nSPS) is 11.9. The van der Waals surface area contributed by atoms with Gasteiger partial charge in [0.1, 0.15) is 11.5 Å². The summed E-state index contributed by atoms with van der Waals surface area (Å²) in [6.45, 7) is 16.3. The molecule has 1 aromatic rings. The molecule has 0 aliphatic rings. The number of ether oxygens (including phenoxy) is 3. The number of carbonyl (C=O) groups is 2. The lowest BCUT2D eigenvalue weighted by Crippen LogP contribution is -2.22. The molecule has 0 fully saturated rings. The van der Waals surface area contributed by atoms with Crippen LogP contribution in [0.25, 0.3) is 0 Å². The highest BCUT2D eigenvalue weighted by atomic mass is 16.5. The molecule has 0 aliphatic carbocycles. The number of benzene rings is 1. The van der Waals surface area contributed by atoms with E-state index in [1.807, 2.05) is 12.1 Å². The van der Waals surface area contributed by atoms with E-state index >= 15 is 0 Å². The molecule has 6 nitrogen and oxygen atoms in total. The molecule has 0 heterocycles. The molecule has 6 heteroatoms. The average Bonchev–Trinajstić information content (AvgIpc) is 2.84. The minimum Gasteiger partial charge on any atom is -0.508 e. The van der Waals surface area contributed by atoms with Crippen molar-refractivity contribution in [2.75, 3.05) is 19.8 Å². The SMILES string of the molecule is CCCCOC(=O)CCCC(C)(C)c1cc(OCCCC)c(C(C)(C)CCCC(=O)OCCCC)cc1O. The zero-order valence-electron chi connectivity index (χ0n) is 25.2. The number of unbranched alkanes of at least 4 members (excludes halogenated alkanes) is 3. The van der Waals surface area contributed by atoms with Crippen LogP contribution in [0.4, 0.5) is 0 Å². The molecule has 0 bridgehead atoms. The minimum absolute atomic E-state index is 0.150. The topological polar surface area (TPSA) is 82.1 Å². The van der Waals surface area contributed by atoms with Gasteiger partial charge in [0.05, 0.1) is 19.8 Å². The Morgan fingerprint density at radius 1 is 0.684 bits per heavy atom. The molecule has 0 radical (unpaired) electrons. The lowest BCUT2D eigenvalue weighted by atomic mass is 9.75. The molecular weight excluding hydrogens is 480 g/mol. The van der Waals surface area contributed by atoms with Crippen LogP contribution in [0.5, 0.6) is 11.5 Å². The van der Waals surface area contributed by atoms with Gasteiger partial charge in [-0.1, -0.05) is 67.7 Å². The molecule has 0 saturated carbocycles. The van der Waals surface area contributed by atoms with Gasteiger partial charge in [0, 0.05) is 24.0 Å². The average molecular weight is 535 g/mol. The fraction of sp³-hybridized carbons (Fsp3) is 0.750. The van der Waals surface area contributed by atoms with E-state index in [1.165, 1.54) is 0 Å². The summed E-state index contributed by atoms with van der Waals surface area (Å²) in [6, 6.07) is 3.83. The number of rotatable bonds is 20. The van der Waals surface area contributed by atoms with Gasteiger partial charge in [0.25, 0.3) is 0 Å². The summed E-state index contributed by atoms with van der Waals surface area (Å²) in [4.78, 5) is 24.1. The highest BCUT2D eigenvalue weighted by molar-refractivity contribution is 5.69. The Kier molecular flexibility index (Phi) is 15.4. The van der Waals surface area contributed by atoms with E-state index < -0.39 is 0 Å². The fourth-order valence-electron chi connectivity index (χ4n) is 4.51. The Bertz CT molecular complexity index is 843. The molecule has 0 spiro atoms. The summed E-state index contributed by atoms with van der Waals surface area (Å²) in [5, 5.41) is 11.2. The van der Waals surface area contributed by atoms with E-state index in [2.05, 4.69) is 48.5 Å². The predicted octanol–water partition coefficient (Wildman–Crippen LogP) is 8.15. The molecule has 1 aromatic carbocycles. The van der Waals surface area contributed by atoms with Crippen molar-refractivity contribution in [1.29, 1.82) is 0 Å². The van der Waals surface area contributed by atoms with E-state index in [9.17, 15) is 14.7 Å². The third-order valence-corrected chi connectivity index (χ3v) is 7.20. The van der Waals surface area contributed by atoms with Crippen molar-refractivity contribution in [2.24, 2.45) is 0 Å². The first-order valence-corrected chi connectivity index (χ1v) is 14.8. The summed E-state index contributed by atoms with van der Waals surface area (Å²) < 4.78 is 16.9. The number of esters is 2. The molecule has 1 N–H and O–H groups in total. The second-order valence-electron chi connectivity index (χ2n) is 11.7. The van der Waals surface area contributed by atoms with Crippen LogP contribution >= 0.6 is 0 Å². The van der Waals surface area contributed by atoms with Gasteiger partial charge in [-0.25, -0.2) is 0 Å². The van der Waals surface area contributed by atoms with Crippen LogP contribution in [0.15, 0.2) is 12.1 Å². The van der Waals surface area contributed by atoms with E-state index in [0.29, 0.717) is 45.5 Å². The number of hydrogen-bond acceptors (Lipinski definition) is 6. The first kappa shape index (κ1) is 33.8. The zero-order chi connectivity index (χ0) is 28.6. The van der Waals surface area contributed by atoms with E-state index in [1.54, 1.807) is 0 Å². The van der Waals surface area contributed by atoms with Crippen LogP contribution in [-0.4, -0.2) is 36.9 Å². The van der Waals surface area contributed by atoms with Crippen molar-refractivity contribution in [1.82, 2.24) is 0 Å². The van der Waals surface area contributed by atoms with Crippen LogP contribution in [0, 0.1) is 0 Å². The molecule has 218 valence electrons. The zero-order valence-corrected chi connectivity index (χ0v) is 25.2. The van der Waals surface area contributed by atoms with Crippen LogP contribution in [-0.2, 0) is 29.9 Å². The van der Waals surface area contributed by atoms with Gasteiger partial charge in [-0.15, -0.1) is 0 Å². The fourth-order valence-corrected chi connectivity index (χ4v) is 4.51. The number of carbonyl (C=O) groups excluding carboxylic acids is 2. The summed E-state index contributed by atoms with van der Waals surface area (Å²) >= 11 is 0. The Balaban J connectivity index is 2.99. The highest BCUT2D eigenvalue weighted by Gasteiger charge is 2.31. The molecule has 1 rings (SSSR count).